The number of nitrogens with zero attached hydrogens (tertiary/aromatic N) is 2. The summed E-state index contributed by atoms with van der Waals surface area (Å²) < 4.78 is 71.8. The lowest BCUT2D eigenvalue weighted by molar-refractivity contribution is -0.147. The van der Waals surface area contributed by atoms with Gasteiger partial charge in [-0.3, -0.25) is 18.7 Å². The molecule has 17 heteroatoms. The monoisotopic (exact) mass is 688 g/mol. The number of nitrogens with two attached hydrogens (primary N) is 1. The molecule has 1 aromatic heterocycles. The fraction of sp³-hybridized carbons (Fsp3) is 0.600. The summed E-state index contributed by atoms with van der Waals surface area (Å²) in [6.45, 7) is 7.08. The predicted molar refractivity (Wildman–Crippen MR) is 165 cm³/mol. The highest BCUT2D eigenvalue weighted by atomic mass is 31.2. The second kappa shape index (κ2) is 17.1. The number of carbonyl (C=O) groups excluding carboxylic acids is 2. The van der Waals surface area contributed by atoms with Crippen molar-refractivity contribution in [3.05, 3.63) is 53.1 Å². The van der Waals surface area contributed by atoms with E-state index >= 15 is 8.78 Å². The molecule has 0 bridgehead atoms. The number of halogens is 2. The first-order valence-electron chi connectivity index (χ1n) is 15.3. The van der Waals surface area contributed by atoms with Gasteiger partial charge in [-0.15, -0.1) is 0 Å². The number of rotatable bonds is 18. The molecule has 3 rings (SSSR count). The Balaban J connectivity index is 1.82. The molecule has 47 heavy (non-hydrogen) atoms. The molecule has 1 aliphatic rings. The van der Waals surface area contributed by atoms with Crippen LogP contribution in [0.1, 0.15) is 59.6 Å². The summed E-state index contributed by atoms with van der Waals surface area (Å²) in [5, 5.41) is 12.9. The molecule has 14 nitrogen and oxygen atoms in total. The zero-order chi connectivity index (χ0) is 34.8. The van der Waals surface area contributed by atoms with Crippen molar-refractivity contribution < 1.29 is 51.3 Å². The van der Waals surface area contributed by atoms with Crippen molar-refractivity contribution >= 4 is 25.5 Å². The van der Waals surface area contributed by atoms with Crippen molar-refractivity contribution in [2.45, 2.75) is 83.8 Å². The fourth-order valence-corrected chi connectivity index (χ4v) is 5.80. The van der Waals surface area contributed by atoms with Gasteiger partial charge in [0.15, 0.2) is 6.10 Å². The van der Waals surface area contributed by atoms with Crippen LogP contribution in [-0.4, -0.2) is 70.6 Å². The van der Waals surface area contributed by atoms with E-state index < -0.39 is 62.4 Å². The topological polar surface area (TPSA) is 191 Å². The summed E-state index contributed by atoms with van der Waals surface area (Å²) in [5.41, 5.74) is 4.30. The molecule has 2 heterocycles. The number of hydrogen-bond acceptors (Lipinski definition) is 12. The molecule has 0 saturated carbocycles. The molecule has 1 saturated heterocycles. The molecular weight excluding hydrogens is 645 g/mol. The van der Waals surface area contributed by atoms with E-state index in [2.05, 4.69) is 10.1 Å². The molecule has 1 aliphatic heterocycles. The Kier molecular flexibility index (Phi) is 13.8. The molecule has 0 amide bonds. The van der Waals surface area contributed by atoms with Crippen LogP contribution in [0.4, 0.5) is 14.6 Å². The number of nitrogens with one attached hydrogen (secondary N) is 1. The van der Waals surface area contributed by atoms with E-state index in [9.17, 15) is 24.1 Å². The van der Waals surface area contributed by atoms with E-state index in [1.807, 2.05) is 27.7 Å². The van der Waals surface area contributed by atoms with Gasteiger partial charge in [0.05, 0.1) is 19.8 Å². The highest BCUT2D eigenvalue weighted by molar-refractivity contribution is 7.52. The molecule has 262 valence electrons. The van der Waals surface area contributed by atoms with Crippen LogP contribution in [0.25, 0.3) is 0 Å². The Bertz CT molecular complexity index is 1430. The minimum absolute atomic E-state index is 0.0268. The molecule has 5 unspecified atom stereocenters. The largest absolute Gasteiger partial charge is 0.466 e. The zero-order valence-corrected chi connectivity index (χ0v) is 27.6. The van der Waals surface area contributed by atoms with Crippen molar-refractivity contribution in [3.8, 4) is 5.75 Å². The number of carbonyl (C=O) groups is 2. The number of hydrogen-bond donors (Lipinski definition) is 3. The van der Waals surface area contributed by atoms with Crippen LogP contribution in [0.2, 0.25) is 0 Å². The van der Waals surface area contributed by atoms with Crippen LogP contribution in [0, 0.1) is 11.8 Å². The smallest absolute Gasteiger partial charge is 0.459 e. The molecule has 2 aromatic rings. The third-order valence-corrected chi connectivity index (χ3v) is 8.56. The SMILES string of the molecule is CC(C)CCOC(=O)CCC(NP(=O)(OCC1OC(n2ccc(N)nc2=O)C(F)(F)C1O)Oc1ccccc1)C(=O)OCCC(C)C. The summed E-state index contributed by atoms with van der Waals surface area (Å²) in [4.78, 5) is 41.2. The number of benzene rings is 1. The molecule has 0 spiro atoms. The van der Waals surface area contributed by atoms with Gasteiger partial charge in [0, 0.05) is 12.6 Å². The van der Waals surface area contributed by atoms with Gasteiger partial charge in [-0.2, -0.15) is 18.9 Å². The number of aliphatic hydroxyl groups excluding tert-OH is 1. The maximum atomic E-state index is 15.1. The van der Waals surface area contributed by atoms with Gasteiger partial charge in [0.1, 0.15) is 23.7 Å². The first-order valence-corrected chi connectivity index (χ1v) is 16.8. The number of alkyl halides is 2. The van der Waals surface area contributed by atoms with Crippen LogP contribution in [0.15, 0.2) is 47.4 Å². The van der Waals surface area contributed by atoms with E-state index in [1.165, 1.54) is 12.1 Å². The first-order chi connectivity index (χ1) is 22.1. The number of esters is 2. The summed E-state index contributed by atoms with van der Waals surface area (Å²) in [6.07, 6.45) is -5.01. The lowest BCUT2D eigenvalue weighted by atomic mass is 10.1. The van der Waals surface area contributed by atoms with Crippen molar-refractivity contribution in [1.82, 2.24) is 14.6 Å². The minimum Gasteiger partial charge on any atom is -0.466 e. The molecule has 4 N–H and O–H groups in total. The average Bonchev–Trinajstić information content (AvgIpc) is 3.21. The van der Waals surface area contributed by atoms with E-state index in [0.717, 1.165) is 12.3 Å². The van der Waals surface area contributed by atoms with Gasteiger partial charge in [-0.25, -0.2) is 9.36 Å². The maximum absolute atomic E-state index is 15.1. The lowest BCUT2D eigenvalue weighted by Crippen LogP contribution is -2.42. The molecule has 1 aromatic carbocycles. The Labute approximate surface area is 271 Å². The Morgan fingerprint density at radius 1 is 1.09 bits per heavy atom. The van der Waals surface area contributed by atoms with Crippen LogP contribution in [0.3, 0.4) is 0 Å². The molecule has 0 aliphatic carbocycles. The van der Waals surface area contributed by atoms with Crippen LogP contribution in [-0.2, 0) is 32.9 Å². The third kappa shape index (κ3) is 11.4. The standard InChI is InChI=1S/C30H43F2N4O10P/c1-19(2)13-16-42-25(37)11-10-22(27(39)43-17-14-20(3)4)35-47(41,46-21-8-6-5-7-9-21)44-18-23-26(38)30(31,32)28(45-23)36-15-12-24(33)34-29(36)40/h5-9,12,15,19-20,22-23,26,28,38H,10-11,13-14,16-18H2,1-4H3,(H,35,41)(H2,33,34,40). The summed E-state index contributed by atoms with van der Waals surface area (Å²) in [6, 6.07) is 7.35. The number of nitrogen functional groups attached to an aromatic ring is 1. The van der Waals surface area contributed by atoms with Crippen molar-refractivity contribution in [3.63, 3.8) is 0 Å². The van der Waals surface area contributed by atoms with Gasteiger partial charge in [-0.05, 0) is 49.3 Å². The van der Waals surface area contributed by atoms with Gasteiger partial charge in [0.2, 0.25) is 6.23 Å². The second-order valence-corrected chi connectivity index (χ2v) is 13.6. The normalized spacial score (nSPS) is 20.9. The number of anilines is 1. The number of aromatic nitrogens is 2. The highest BCUT2D eigenvalue weighted by Gasteiger charge is 2.60. The van der Waals surface area contributed by atoms with Gasteiger partial charge in [0.25, 0.3) is 0 Å². The average molecular weight is 689 g/mol. The quantitative estimate of drug-likeness (QED) is 0.151. The Hall–Kier alpha value is -3.43. The fourth-order valence-electron chi connectivity index (χ4n) is 4.26. The van der Waals surface area contributed by atoms with Gasteiger partial charge in [-0.1, -0.05) is 45.9 Å². The van der Waals surface area contributed by atoms with E-state index in [-0.39, 0.29) is 43.5 Å². The molecule has 5 atom stereocenters. The van der Waals surface area contributed by atoms with Gasteiger partial charge < -0.3 is 29.6 Å². The third-order valence-electron chi connectivity index (χ3n) is 6.99. The number of aliphatic hydroxyl groups is 1. The molecule has 1 fully saturated rings. The van der Waals surface area contributed by atoms with E-state index in [4.69, 9.17) is 29.0 Å². The van der Waals surface area contributed by atoms with Crippen LogP contribution in [0.5, 0.6) is 5.75 Å². The Morgan fingerprint density at radius 2 is 1.72 bits per heavy atom. The maximum Gasteiger partial charge on any atom is 0.459 e. The summed E-state index contributed by atoms with van der Waals surface area (Å²) in [7, 11) is -4.66. The van der Waals surface area contributed by atoms with Crippen molar-refractivity contribution in [2.75, 3.05) is 25.6 Å². The zero-order valence-electron chi connectivity index (χ0n) is 26.8. The van der Waals surface area contributed by atoms with E-state index in [0.29, 0.717) is 23.3 Å². The number of para-hydroxylation sites is 1. The first kappa shape index (κ1) is 38.0. The molecule has 0 radical (unpaired) electrons. The second-order valence-electron chi connectivity index (χ2n) is 11.9. The van der Waals surface area contributed by atoms with Crippen molar-refractivity contribution in [2.24, 2.45) is 11.8 Å². The van der Waals surface area contributed by atoms with Crippen LogP contribution >= 0.6 is 7.75 Å². The van der Waals surface area contributed by atoms with E-state index in [1.54, 1.807) is 18.2 Å². The minimum atomic E-state index is -4.66. The van der Waals surface area contributed by atoms with Gasteiger partial charge >= 0.3 is 31.3 Å². The van der Waals surface area contributed by atoms with Crippen molar-refractivity contribution in [1.29, 1.82) is 0 Å². The number of ether oxygens (including phenoxy) is 3. The predicted octanol–water partition coefficient (Wildman–Crippen LogP) is 3.84. The summed E-state index contributed by atoms with van der Waals surface area (Å²) >= 11 is 0. The highest BCUT2D eigenvalue weighted by Crippen LogP contribution is 2.48. The Morgan fingerprint density at radius 3 is 2.34 bits per heavy atom. The molecular formula is C30H43F2N4O10P. The summed E-state index contributed by atoms with van der Waals surface area (Å²) in [5.74, 6) is -5.14. The lowest BCUT2D eigenvalue weighted by Gasteiger charge is -2.26. The van der Waals surface area contributed by atoms with Crippen LogP contribution < -0.4 is 21.0 Å².